The second-order valence-corrected chi connectivity index (χ2v) is 8.41. The number of thioether (sulfide) groups is 1. The highest BCUT2D eigenvalue weighted by Gasteiger charge is 2.36. The van der Waals surface area contributed by atoms with Gasteiger partial charge >= 0.3 is 12.0 Å². The summed E-state index contributed by atoms with van der Waals surface area (Å²) in [6, 6.07) is 3.59. The molecule has 156 valence electrons. The number of benzene rings is 1. The first-order chi connectivity index (χ1) is 14.0. The van der Waals surface area contributed by atoms with Crippen molar-refractivity contribution in [1.29, 1.82) is 0 Å². The van der Waals surface area contributed by atoms with E-state index in [0.29, 0.717) is 29.4 Å². The van der Waals surface area contributed by atoms with Gasteiger partial charge < -0.3 is 19.9 Å². The van der Waals surface area contributed by atoms with E-state index in [0.717, 1.165) is 22.7 Å². The van der Waals surface area contributed by atoms with Crippen LogP contribution >= 0.6 is 35.0 Å². The number of methoxy groups -OCH3 is 1. The Morgan fingerprint density at radius 3 is 2.93 bits per heavy atom. The van der Waals surface area contributed by atoms with Gasteiger partial charge in [-0.2, -0.15) is 11.8 Å². The molecule has 0 spiro atoms. The number of aromatic amines is 1. The number of rotatable bonds is 6. The summed E-state index contributed by atoms with van der Waals surface area (Å²) in [6.45, 7) is 0.446. The monoisotopic (exact) mass is 456 g/mol. The van der Waals surface area contributed by atoms with Crippen molar-refractivity contribution in [3.8, 4) is 0 Å². The summed E-state index contributed by atoms with van der Waals surface area (Å²) in [5, 5.41) is 3.77. The first-order valence-corrected chi connectivity index (χ1v) is 11.2. The lowest BCUT2D eigenvalue weighted by Crippen LogP contribution is -2.51. The molecule has 7 nitrogen and oxygen atoms in total. The minimum absolute atomic E-state index is 0.369. The normalized spacial score (nSPS) is 16.8. The summed E-state index contributed by atoms with van der Waals surface area (Å²) >= 11 is 14.1. The Morgan fingerprint density at radius 1 is 1.45 bits per heavy atom. The molecule has 2 aromatic rings. The Morgan fingerprint density at radius 2 is 2.24 bits per heavy atom. The number of halogens is 2. The number of esters is 1. The average molecular weight is 457 g/mol. The van der Waals surface area contributed by atoms with E-state index < -0.39 is 18.1 Å². The van der Waals surface area contributed by atoms with E-state index in [1.54, 1.807) is 41.2 Å². The molecule has 29 heavy (non-hydrogen) atoms. The molecular formula is C19H22Cl2N4O3S. The summed E-state index contributed by atoms with van der Waals surface area (Å²) in [6.07, 6.45) is 4.66. The van der Waals surface area contributed by atoms with Crippen LogP contribution in [0, 0.1) is 0 Å². The highest BCUT2D eigenvalue weighted by Crippen LogP contribution is 2.37. The zero-order valence-electron chi connectivity index (χ0n) is 16.1. The summed E-state index contributed by atoms with van der Waals surface area (Å²) in [5.41, 5.74) is 2.41. The SMILES string of the molecule is COC(=O)[C@H](CCSC)NC(=O)N1CCc2[nH]cnc2[C@H]1c1ccc(Cl)cc1Cl. The molecule has 1 aliphatic rings. The number of hydrogen-bond donors (Lipinski definition) is 2. The number of nitrogens with zero attached hydrogens (tertiary/aromatic N) is 2. The van der Waals surface area contributed by atoms with Gasteiger partial charge in [-0.1, -0.05) is 29.3 Å². The molecule has 0 aliphatic carbocycles. The standard InChI is InChI=1S/C19H22Cl2N4O3S/c1-28-18(26)15(6-8-29-2)24-19(27)25-7-5-14-16(23-10-22-14)17(25)12-4-3-11(20)9-13(12)21/h3-4,9-10,15,17H,5-8H2,1-2H3,(H,22,23)(H,24,27)/t15-,17+/m0/s1. The van der Waals surface area contributed by atoms with Crippen LogP contribution in [0.15, 0.2) is 24.5 Å². The van der Waals surface area contributed by atoms with Crippen molar-refractivity contribution in [2.45, 2.75) is 24.9 Å². The van der Waals surface area contributed by atoms with Crippen molar-refractivity contribution in [2.75, 3.05) is 25.7 Å². The maximum atomic E-state index is 13.2. The number of imidazole rings is 1. The first kappa shape index (κ1) is 21.8. The minimum Gasteiger partial charge on any atom is -0.467 e. The third-order valence-electron chi connectivity index (χ3n) is 4.84. The molecule has 10 heteroatoms. The molecule has 3 rings (SSSR count). The number of aromatic nitrogens is 2. The minimum atomic E-state index is -0.720. The lowest BCUT2D eigenvalue weighted by atomic mass is 9.96. The second-order valence-electron chi connectivity index (χ2n) is 6.58. The van der Waals surface area contributed by atoms with E-state index in [1.165, 1.54) is 7.11 Å². The number of carbonyl (C=O) groups excluding carboxylic acids is 2. The summed E-state index contributed by atoms with van der Waals surface area (Å²) < 4.78 is 4.85. The highest BCUT2D eigenvalue weighted by molar-refractivity contribution is 7.98. The fourth-order valence-corrected chi connectivity index (χ4v) is 4.38. The molecule has 0 fully saturated rings. The summed E-state index contributed by atoms with van der Waals surface area (Å²) in [7, 11) is 1.31. The smallest absolute Gasteiger partial charge is 0.328 e. The molecule has 1 aromatic heterocycles. The highest BCUT2D eigenvalue weighted by atomic mass is 35.5. The molecule has 0 saturated heterocycles. The Kier molecular flexibility index (Phi) is 7.32. The number of hydrogen-bond acceptors (Lipinski definition) is 5. The lowest BCUT2D eigenvalue weighted by Gasteiger charge is -2.36. The van der Waals surface area contributed by atoms with Gasteiger partial charge in [0.2, 0.25) is 0 Å². The molecule has 2 heterocycles. The summed E-state index contributed by atoms with van der Waals surface area (Å²) in [5.74, 6) is 0.252. The van der Waals surface area contributed by atoms with E-state index >= 15 is 0 Å². The largest absolute Gasteiger partial charge is 0.467 e. The Labute approximate surface area is 183 Å². The predicted octanol–water partition coefficient (Wildman–Crippen LogP) is 3.67. The van der Waals surface area contributed by atoms with Crippen LogP contribution in [-0.2, 0) is 16.0 Å². The van der Waals surface area contributed by atoms with Crippen LogP contribution in [0.25, 0.3) is 0 Å². The van der Waals surface area contributed by atoms with Gasteiger partial charge in [-0.25, -0.2) is 14.6 Å². The van der Waals surface area contributed by atoms with Crippen LogP contribution < -0.4 is 5.32 Å². The fraction of sp³-hybridized carbons (Fsp3) is 0.421. The zero-order chi connectivity index (χ0) is 21.0. The van der Waals surface area contributed by atoms with Gasteiger partial charge in [0.15, 0.2) is 0 Å². The van der Waals surface area contributed by atoms with Crippen molar-refractivity contribution in [1.82, 2.24) is 20.2 Å². The topological polar surface area (TPSA) is 87.3 Å². The Bertz CT molecular complexity index is 892. The molecular weight excluding hydrogens is 435 g/mol. The number of H-pyrrole nitrogens is 1. The van der Waals surface area contributed by atoms with Crippen LogP contribution in [0.1, 0.15) is 29.4 Å². The van der Waals surface area contributed by atoms with Gasteiger partial charge in [0.05, 0.1) is 19.1 Å². The van der Waals surface area contributed by atoms with Crippen molar-refractivity contribution < 1.29 is 14.3 Å². The number of amides is 2. The molecule has 0 unspecified atom stereocenters. The quantitative estimate of drug-likeness (QED) is 0.647. The Balaban J connectivity index is 1.91. The van der Waals surface area contributed by atoms with E-state index in [2.05, 4.69) is 15.3 Å². The fourth-order valence-electron chi connectivity index (χ4n) is 3.39. The van der Waals surface area contributed by atoms with Crippen molar-refractivity contribution in [3.05, 3.63) is 51.5 Å². The third-order valence-corrected chi connectivity index (χ3v) is 6.04. The van der Waals surface area contributed by atoms with Gasteiger partial charge in [0.1, 0.15) is 12.1 Å². The second kappa shape index (κ2) is 9.73. The van der Waals surface area contributed by atoms with Crippen molar-refractivity contribution in [3.63, 3.8) is 0 Å². The molecule has 0 radical (unpaired) electrons. The Hall–Kier alpha value is -1.90. The first-order valence-electron chi connectivity index (χ1n) is 9.07. The third kappa shape index (κ3) is 4.82. The number of fused-ring (bicyclic) bond motifs is 1. The van der Waals surface area contributed by atoms with Crippen LogP contribution in [0.3, 0.4) is 0 Å². The number of urea groups is 1. The van der Waals surface area contributed by atoms with Crippen LogP contribution in [0.2, 0.25) is 10.0 Å². The molecule has 0 bridgehead atoms. The molecule has 2 N–H and O–H groups in total. The summed E-state index contributed by atoms with van der Waals surface area (Å²) in [4.78, 5) is 34.5. The van der Waals surface area contributed by atoms with Gasteiger partial charge in [0.25, 0.3) is 0 Å². The molecule has 1 aromatic carbocycles. The number of ether oxygens (including phenoxy) is 1. The van der Waals surface area contributed by atoms with E-state index in [9.17, 15) is 9.59 Å². The number of nitrogens with one attached hydrogen (secondary N) is 2. The van der Waals surface area contributed by atoms with Crippen molar-refractivity contribution in [2.24, 2.45) is 0 Å². The van der Waals surface area contributed by atoms with Gasteiger partial charge in [-0.3, -0.25) is 0 Å². The maximum Gasteiger partial charge on any atom is 0.328 e. The number of carbonyl (C=O) groups is 2. The van der Waals surface area contributed by atoms with E-state index in [-0.39, 0.29) is 6.03 Å². The average Bonchev–Trinajstić information content (AvgIpc) is 3.19. The van der Waals surface area contributed by atoms with E-state index in [1.807, 2.05) is 6.26 Å². The molecule has 1 aliphatic heterocycles. The zero-order valence-corrected chi connectivity index (χ0v) is 18.4. The van der Waals surface area contributed by atoms with E-state index in [4.69, 9.17) is 27.9 Å². The van der Waals surface area contributed by atoms with Crippen molar-refractivity contribution >= 4 is 47.0 Å². The lowest BCUT2D eigenvalue weighted by molar-refractivity contribution is -0.142. The maximum absolute atomic E-state index is 13.2. The van der Waals surface area contributed by atoms with Crippen LogP contribution in [0.5, 0.6) is 0 Å². The van der Waals surface area contributed by atoms with Gasteiger partial charge in [-0.05, 0) is 36.1 Å². The predicted molar refractivity (Wildman–Crippen MR) is 115 cm³/mol. The molecule has 2 amide bonds. The van der Waals surface area contributed by atoms with Gasteiger partial charge in [-0.15, -0.1) is 0 Å². The van der Waals surface area contributed by atoms with Gasteiger partial charge in [0, 0.05) is 28.7 Å². The molecule has 2 atom stereocenters. The van der Waals surface area contributed by atoms with Crippen LogP contribution in [-0.4, -0.2) is 58.6 Å². The molecule has 0 saturated carbocycles. The van der Waals surface area contributed by atoms with Crippen LogP contribution in [0.4, 0.5) is 4.79 Å².